The molecule has 0 spiro atoms. The van der Waals surface area contributed by atoms with Crippen molar-refractivity contribution in [3.8, 4) is 10.4 Å². The molecule has 3 aromatic rings. The number of hydrogen-bond donors (Lipinski definition) is 0. The van der Waals surface area contributed by atoms with Crippen LogP contribution in [0.5, 0.6) is 0 Å². The van der Waals surface area contributed by atoms with E-state index in [0.29, 0.717) is 0 Å². The first kappa shape index (κ1) is 8.62. The molecule has 0 atom stereocenters. The number of hydrogen-bond acceptors (Lipinski definition) is 2. The van der Waals surface area contributed by atoms with E-state index in [2.05, 4.69) is 46.8 Å². The Bertz CT molecular complexity index is 584. The van der Waals surface area contributed by atoms with Crippen molar-refractivity contribution < 1.29 is 0 Å². The molecule has 0 fully saturated rings. The van der Waals surface area contributed by atoms with Crippen LogP contribution in [0.2, 0.25) is 0 Å². The van der Waals surface area contributed by atoms with E-state index in [1.54, 1.807) is 11.3 Å². The summed E-state index contributed by atoms with van der Waals surface area (Å²) in [5.41, 5.74) is 2.32. The summed E-state index contributed by atoms with van der Waals surface area (Å²) in [4.78, 5) is 5.61. The number of nitrogens with zero attached hydrogens (tertiary/aromatic N) is 1. The van der Waals surface area contributed by atoms with Crippen LogP contribution in [-0.2, 0) is 0 Å². The Hall–Kier alpha value is -1.67. The highest BCUT2D eigenvalue weighted by Crippen LogP contribution is 2.26. The molecule has 2 aromatic heterocycles. The highest BCUT2D eigenvalue weighted by atomic mass is 32.1. The van der Waals surface area contributed by atoms with Crippen LogP contribution in [0, 0.1) is 0 Å². The van der Waals surface area contributed by atoms with Crippen molar-refractivity contribution in [3.05, 3.63) is 54.0 Å². The van der Waals surface area contributed by atoms with Gasteiger partial charge in [0.05, 0.1) is 5.52 Å². The van der Waals surface area contributed by atoms with Crippen molar-refractivity contribution >= 4 is 22.2 Å². The van der Waals surface area contributed by atoms with Crippen molar-refractivity contribution in [2.45, 2.75) is 0 Å². The number of fused-ring (bicyclic) bond motifs is 1. The fourth-order valence-corrected chi connectivity index (χ4v) is 2.40. The third-order valence-electron chi connectivity index (χ3n) is 2.41. The Morgan fingerprint density at radius 1 is 1.00 bits per heavy atom. The first-order valence-electron chi connectivity index (χ1n) is 4.82. The predicted molar refractivity (Wildman–Crippen MR) is 65.1 cm³/mol. The summed E-state index contributed by atoms with van der Waals surface area (Å²) < 4.78 is 0. The smallest absolute Gasteiger partial charge is 0.0702 e. The largest absolute Gasteiger partial charge is 0.256 e. The molecule has 0 N–H and O–H groups in total. The normalized spacial score (nSPS) is 10.7. The first-order valence-corrected chi connectivity index (χ1v) is 5.70. The third-order valence-corrected chi connectivity index (χ3v) is 3.33. The van der Waals surface area contributed by atoms with Gasteiger partial charge in [-0.3, -0.25) is 4.98 Å². The minimum Gasteiger partial charge on any atom is -0.256 e. The zero-order chi connectivity index (χ0) is 10.1. The maximum atomic E-state index is 4.31. The van der Waals surface area contributed by atoms with Crippen molar-refractivity contribution in [1.82, 2.24) is 4.98 Å². The number of aromatic nitrogens is 1. The molecule has 15 heavy (non-hydrogen) atoms. The first-order chi connectivity index (χ1) is 7.43. The van der Waals surface area contributed by atoms with Gasteiger partial charge >= 0.3 is 0 Å². The van der Waals surface area contributed by atoms with Crippen LogP contribution < -0.4 is 0 Å². The Balaban J connectivity index is 2.22. The van der Waals surface area contributed by atoms with E-state index < -0.39 is 0 Å². The lowest BCUT2D eigenvalue weighted by Gasteiger charge is -2.00. The summed E-state index contributed by atoms with van der Waals surface area (Å²) >= 11 is 1.76. The topological polar surface area (TPSA) is 12.9 Å². The molecule has 2 heterocycles. The van der Waals surface area contributed by atoms with E-state index in [9.17, 15) is 0 Å². The second kappa shape index (κ2) is 3.48. The second-order valence-corrected chi connectivity index (χ2v) is 4.34. The Morgan fingerprint density at radius 2 is 2.00 bits per heavy atom. The molecule has 1 aromatic carbocycles. The third kappa shape index (κ3) is 1.53. The van der Waals surface area contributed by atoms with Gasteiger partial charge in [-0.05, 0) is 35.2 Å². The molecular weight excluding hydrogens is 202 g/mol. The lowest BCUT2D eigenvalue weighted by Crippen LogP contribution is -1.78. The predicted octanol–water partition coefficient (Wildman–Crippen LogP) is 3.96. The van der Waals surface area contributed by atoms with Crippen LogP contribution in [0.3, 0.4) is 0 Å². The van der Waals surface area contributed by atoms with E-state index in [1.807, 2.05) is 12.3 Å². The molecule has 0 aliphatic heterocycles. The van der Waals surface area contributed by atoms with Crippen molar-refractivity contribution in [2.24, 2.45) is 0 Å². The maximum absolute atomic E-state index is 4.31. The minimum absolute atomic E-state index is 1.05. The summed E-state index contributed by atoms with van der Waals surface area (Å²) in [5, 5.41) is 3.30. The van der Waals surface area contributed by atoms with Gasteiger partial charge in [-0.1, -0.05) is 18.2 Å². The number of benzene rings is 1. The summed E-state index contributed by atoms with van der Waals surface area (Å²) in [6.45, 7) is 0. The molecule has 0 amide bonds. The standard InChI is InChI=1S/C13H9NS/c1-3-10-9-11(13-4-2-8-15-13)5-6-12(10)14-7-1/h1-9H. The average molecular weight is 211 g/mol. The quantitative estimate of drug-likeness (QED) is 0.593. The molecule has 0 bridgehead atoms. The summed E-state index contributed by atoms with van der Waals surface area (Å²) in [7, 11) is 0. The summed E-state index contributed by atoms with van der Waals surface area (Å²) in [5.74, 6) is 0. The van der Waals surface area contributed by atoms with Gasteiger partial charge in [-0.2, -0.15) is 0 Å². The van der Waals surface area contributed by atoms with Gasteiger partial charge in [0.15, 0.2) is 0 Å². The molecule has 3 rings (SSSR count). The van der Waals surface area contributed by atoms with E-state index >= 15 is 0 Å². The lowest BCUT2D eigenvalue weighted by molar-refractivity contribution is 1.41. The van der Waals surface area contributed by atoms with Gasteiger partial charge < -0.3 is 0 Å². The van der Waals surface area contributed by atoms with Gasteiger partial charge in [-0.25, -0.2) is 0 Å². The Labute approximate surface area is 92.0 Å². The van der Waals surface area contributed by atoms with Crippen molar-refractivity contribution in [3.63, 3.8) is 0 Å². The molecule has 72 valence electrons. The van der Waals surface area contributed by atoms with Crippen LogP contribution >= 0.6 is 11.3 Å². The Morgan fingerprint density at radius 3 is 2.87 bits per heavy atom. The van der Waals surface area contributed by atoms with Crippen LogP contribution in [0.4, 0.5) is 0 Å². The lowest BCUT2D eigenvalue weighted by atomic mass is 10.1. The van der Waals surface area contributed by atoms with Gasteiger partial charge in [-0.15, -0.1) is 11.3 Å². The highest BCUT2D eigenvalue weighted by molar-refractivity contribution is 7.13. The van der Waals surface area contributed by atoms with Gasteiger partial charge in [0.2, 0.25) is 0 Å². The summed E-state index contributed by atoms with van der Waals surface area (Å²) in [6.07, 6.45) is 1.83. The zero-order valence-corrected chi connectivity index (χ0v) is 8.87. The van der Waals surface area contributed by atoms with Crippen molar-refractivity contribution in [1.29, 1.82) is 0 Å². The second-order valence-electron chi connectivity index (χ2n) is 3.39. The van der Waals surface area contributed by atoms with E-state index in [-0.39, 0.29) is 0 Å². The number of pyridine rings is 1. The molecule has 2 heteroatoms. The molecule has 0 aliphatic rings. The number of rotatable bonds is 1. The molecule has 0 unspecified atom stereocenters. The van der Waals surface area contributed by atoms with Crippen LogP contribution in [0.1, 0.15) is 0 Å². The maximum Gasteiger partial charge on any atom is 0.0702 e. The molecule has 0 saturated carbocycles. The fourth-order valence-electron chi connectivity index (χ4n) is 1.67. The van der Waals surface area contributed by atoms with Gasteiger partial charge in [0, 0.05) is 16.5 Å². The monoisotopic (exact) mass is 211 g/mol. The highest BCUT2D eigenvalue weighted by Gasteiger charge is 1.99. The molecule has 0 saturated heterocycles. The molecular formula is C13H9NS. The molecule has 0 radical (unpaired) electrons. The number of thiophene rings is 1. The van der Waals surface area contributed by atoms with Gasteiger partial charge in [0.25, 0.3) is 0 Å². The fraction of sp³-hybridized carbons (Fsp3) is 0. The average Bonchev–Trinajstić information content (AvgIpc) is 2.82. The van der Waals surface area contributed by atoms with Gasteiger partial charge in [0.1, 0.15) is 0 Å². The van der Waals surface area contributed by atoms with Crippen LogP contribution in [0.15, 0.2) is 54.0 Å². The SMILES string of the molecule is c1csc(-c2ccc3ncccc3c2)c1. The minimum atomic E-state index is 1.05. The van der Waals surface area contributed by atoms with Crippen molar-refractivity contribution in [2.75, 3.05) is 0 Å². The molecule has 1 nitrogen and oxygen atoms in total. The van der Waals surface area contributed by atoms with E-state index in [4.69, 9.17) is 0 Å². The van der Waals surface area contributed by atoms with E-state index in [0.717, 1.165) is 5.52 Å². The van der Waals surface area contributed by atoms with Crippen LogP contribution in [0.25, 0.3) is 21.3 Å². The zero-order valence-electron chi connectivity index (χ0n) is 8.05. The van der Waals surface area contributed by atoms with Crippen LogP contribution in [-0.4, -0.2) is 4.98 Å². The molecule has 0 aliphatic carbocycles. The summed E-state index contributed by atoms with van der Waals surface area (Å²) in [6, 6.07) is 14.7. The van der Waals surface area contributed by atoms with E-state index in [1.165, 1.54) is 15.8 Å². The Kier molecular flexibility index (Phi) is 2.00.